The maximum absolute atomic E-state index is 14.8. The molecule has 6 rings (SSSR count). The smallest absolute Gasteiger partial charge is 0.200 e. The zero-order chi connectivity index (χ0) is 23.2. The highest BCUT2D eigenvalue weighted by Crippen LogP contribution is 2.43. The van der Waals surface area contributed by atoms with Crippen LogP contribution >= 0.6 is 11.8 Å². The maximum atomic E-state index is 14.8. The molecule has 2 N–H and O–H groups in total. The van der Waals surface area contributed by atoms with Crippen molar-refractivity contribution in [2.24, 2.45) is 10.7 Å². The molecule has 2 aliphatic rings. The molecule has 34 heavy (non-hydrogen) atoms. The van der Waals surface area contributed by atoms with Crippen molar-refractivity contribution in [1.82, 2.24) is 19.6 Å². The predicted octanol–water partition coefficient (Wildman–Crippen LogP) is 3.93. The lowest BCUT2D eigenvalue weighted by atomic mass is 10.1. The van der Waals surface area contributed by atoms with Gasteiger partial charge in [-0.2, -0.15) is 0 Å². The van der Waals surface area contributed by atoms with Crippen molar-refractivity contribution in [2.45, 2.75) is 28.9 Å². The predicted molar refractivity (Wildman–Crippen MR) is 131 cm³/mol. The number of allylic oxidation sites excluding steroid dienone is 1. The fourth-order valence-corrected chi connectivity index (χ4v) is 5.52. The molecule has 0 saturated carbocycles. The average molecular weight is 476 g/mol. The van der Waals surface area contributed by atoms with Gasteiger partial charge in [-0.3, -0.25) is 14.4 Å². The first-order chi connectivity index (χ1) is 16.7. The number of aliphatic imine (C=N–C) groups is 1. The molecular formula is C24H22FN7OS. The topological polar surface area (TPSA) is 93.9 Å². The first-order valence-electron chi connectivity index (χ1n) is 11.0. The van der Waals surface area contributed by atoms with Crippen LogP contribution in [0.2, 0.25) is 0 Å². The minimum atomic E-state index is -0.481. The number of benzene rings is 1. The molecule has 0 radical (unpaired) electrons. The molecule has 3 aromatic heterocycles. The summed E-state index contributed by atoms with van der Waals surface area (Å²) in [4.78, 5) is 12.0. The van der Waals surface area contributed by atoms with E-state index >= 15 is 0 Å². The number of halogens is 1. The molecule has 172 valence electrons. The van der Waals surface area contributed by atoms with E-state index in [2.05, 4.69) is 31.1 Å². The summed E-state index contributed by atoms with van der Waals surface area (Å²) < 4.78 is 22.6. The molecule has 10 heteroatoms. The summed E-state index contributed by atoms with van der Waals surface area (Å²) >= 11 is 1.40. The van der Waals surface area contributed by atoms with Gasteiger partial charge in [0.2, 0.25) is 5.16 Å². The molecule has 0 aliphatic carbocycles. The van der Waals surface area contributed by atoms with Crippen LogP contribution in [-0.4, -0.2) is 52.0 Å². The second-order valence-corrected chi connectivity index (χ2v) is 9.36. The van der Waals surface area contributed by atoms with Crippen molar-refractivity contribution in [3.05, 3.63) is 54.2 Å². The van der Waals surface area contributed by atoms with Crippen molar-refractivity contribution in [2.75, 3.05) is 25.1 Å². The molecule has 0 amide bonds. The highest BCUT2D eigenvalue weighted by atomic mass is 32.2. The van der Waals surface area contributed by atoms with Crippen molar-refractivity contribution in [1.29, 1.82) is 0 Å². The maximum Gasteiger partial charge on any atom is 0.200 e. The van der Waals surface area contributed by atoms with Crippen LogP contribution < -0.4 is 15.4 Å². The summed E-state index contributed by atoms with van der Waals surface area (Å²) in [6, 6.07) is 7.82. The van der Waals surface area contributed by atoms with Gasteiger partial charge in [0, 0.05) is 53.6 Å². The van der Waals surface area contributed by atoms with Gasteiger partial charge in [0.15, 0.2) is 17.2 Å². The molecule has 1 atom stereocenters. The van der Waals surface area contributed by atoms with Gasteiger partial charge in [-0.15, -0.1) is 10.2 Å². The fourth-order valence-electron chi connectivity index (χ4n) is 4.68. The minimum Gasteiger partial charge on any atom is -0.488 e. The SMILES string of the molecule is CN=CC(=CN)c1cc(F)c2nnc(Sc3ccc4ncc5c(c4c3)OCC3CCCN53)n2c1. The van der Waals surface area contributed by atoms with E-state index < -0.39 is 5.82 Å². The molecule has 8 nitrogen and oxygen atoms in total. The van der Waals surface area contributed by atoms with E-state index in [1.807, 2.05) is 18.3 Å². The van der Waals surface area contributed by atoms with Crippen molar-refractivity contribution in [3.63, 3.8) is 0 Å². The highest BCUT2D eigenvalue weighted by molar-refractivity contribution is 7.99. The number of hydrogen-bond acceptors (Lipinski definition) is 8. The Morgan fingerprint density at radius 3 is 3.09 bits per heavy atom. The van der Waals surface area contributed by atoms with E-state index in [9.17, 15) is 4.39 Å². The molecule has 1 saturated heterocycles. The summed E-state index contributed by atoms with van der Waals surface area (Å²) in [5.74, 6) is 0.396. The number of nitrogens with zero attached hydrogens (tertiary/aromatic N) is 6. The quantitative estimate of drug-likeness (QED) is 0.447. The molecule has 1 fully saturated rings. The third-order valence-corrected chi connectivity index (χ3v) is 7.25. The van der Waals surface area contributed by atoms with Gasteiger partial charge in [0.05, 0.1) is 23.4 Å². The van der Waals surface area contributed by atoms with Gasteiger partial charge in [-0.1, -0.05) is 0 Å². The summed E-state index contributed by atoms with van der Waals surface area (Å²) in [5, 5.41) is 9.78. The van der Waals surface area contributed by atoms with Gasteiger partial charge in [-0.25, -0.2) is 4.39 Å². The first kappa shape index (κ1) is 20.9. The Morgan fingerprint density at radius 1 is 1.32 bits per heavy atom. The van der Waals surface area contributed by atoms with E-state index in [1.54, 1.807) is 23.9 Å². The van der Waals surface area contributed by atoms with E-state index in [0.29, 0.717) is 28.9 Å². The number of hydrogen-bond donors (Lipinski definition) is 1. The molecular weight excluding hydrogens is 453 g/mol. The number of pyridine rings is 2. The van der Waals surface area contributed by atoms with Crippen LogP contribution in [0.25, 0.3) is 22.1 Å². The number of aromatic nitrogens is 4. The molecule has 5 heterocycles. The number of fused-ring (bicyclic) bond motifs is 6. The Hall–Kier alpha value is -3.66. The van der Waals surface area contributed by atoms with Gasteiger partial charge in [-0.05, 0) is 48.9 Å². The van der Waals surface area contributed by atoms with Crippen LogP contribution in [0.5, 0.6) is 5.75 Å². The summed E-state index contributed by atoms with van der Waals surface area (Å²) in [7, 11) is 1.64. The second kappa shape index (κ2) is 8.28. The first-order valence-corrected chi connectivity index (χ1v) is 11.9. The van der Waals surface area contributed by atoms with Gasteiger partial charge in [0.1, 0.15) is 6.61 Å². The van der Waals surface area contributed by atoms with Crippen LogP contribution in [0.15, 0.2) is 57.9 Å². The van der Waals surface area contributed by atoms with Gasteiger partial charge in [0.25, 0.3) is 0 Å². The van der Waals surface area contributed by atoms with Gasteiger partial charge < -0.3 is 15.4 Å². The molecule has 0 spiro atoms. The van der Waals surface area contributed by atoms with Crippen LogP contribution in [0, 0.1) is 5.82 Å². The van der Waals surface area contributed by atoms with E-state index in [0.717, 1.165) is 40.2 Å². The third-order valence-electron chi connectivity index (χ3n) is 6.30. The molecule has 1 aromatic carbocycles. The number of nitrogens with two attached hydrogens (primary N) is 1. The third kappa shape index (κ3) is 3.37. The Balaban J connectivity index is 1.40. The van der Waals surface area contributed by atoms with Crippen LogP contribution in [0.1, 0.15) is 18.4 Å². The van der Waals surface area contributed by atoms with E-state index in [1.165, 1.54) is 30.4 Å². The number of ether oxygens (including phenoxy) is 1. The summed E-state index contributed by atoms with van der Waals surface area (Å²) in [6.07, 6.45) is 8.99. The molecule has 1 unspecified atom stereocenters. The largest absolute Gasteiger partial charge is 0.488 e. The second-order valence-electron chi connectivity index (χ2n) is 8.32. The van der Waals surface area contributed by atoms with Crippen LogP contribution in [0.4, 0.5) is 10.1 Å². The molecule has 2 aliphatic heterocycles. The Morgan fingerprint density at radius 2 is 2.24 bits per heavy atom. The number of anilines is 1. The number of rotatable bonds is 4. The Bertz CT molecular complexity index is 1480. The zero-order valence-electron chi connectivity index (χ0n) is 18.5. The normalized spacial score (nSPS) is 18.0. The van der Waals surface area contributed by atoms with E-state index in [-0.39, 0.29) is 5.65 Å². The van der Waals surface area contributed by atoms with E-state index in [4.69, 9.17) is 10.5 Å². The standard InChI is InChI=1S/C24H22FN7OS/c1-27-10-15(9-26)14-7-19(25)23-29-30-24(32(23)12-14)34-17-4-5-20-18(8-17)22-21(11-28-20)31-6-2-3-16(31)13-33-22/h4-5,7-12,16H,2-3,6,13,26H2,1H3. The Kier molecular flexibility index (Phi) is 5.09. The van der Waals surface area contributed by atoms with Crippen LogP contribution in [-0.2, 0) is 0 Å². The summed E-state index contributed by atoms with van der Waals surface area (Å²) in [5.41, 5.74) is 8.99. The molecule has 4 aromatic rings. The van der Waals surface area contributed by atoms with Crippen LogP contribution in [0.3, 0.4) is 0 Å². The van der Waals surface area contributed by atoms with Crippen molar-refractivity contribution >= 4 is 45.8 Å². The fraction of sp³-hybridized carbons (Fsp3) is 0.250. The summed E-state index contributed by atoms with van der Waals surface area (Å²) in [6.45, 7) is 1.72. The highest BCUT2D eigenvalue weighted by Gasteiger charge is 2.32. The lowest BCUT2D eigenvalue weighted by molar-refractivity contribution is 0.275. The van der Waals surface area contributed by atoms with Crippen molar-refractivity contribution < 1.29 is 9.13 Å². The lowest BCUT2D eigenvalue weighted by Crippen LogP contribution is -2.38. The van der Waals surface area contributed by atoms with Gasteiger partial charge >= 0.3 is 0 Å². The lowest BCUT2D eigenvalue weighted by Gasteiger charge is -2.33. The zero-order valence-corrected chi connectivity index (χ0v) is 19.3. The Labute approximate surface area is 199 Å². The molecule has 0 bridgehead atoms. The minimum absolute atomic E-state index is 0.152. The van der Waals surface area contributed by atoms with Crippen molar-refractivity contribution in [3.8, 4) is 5.75 Å². The monoisotopic (exact) mass is 475 g/mol. The average Bonchev–Trinajstić information content (AvgIpc) is 3.50.